The lowest BCUT2D eigenvalue weighted by Gasteiger charge is -2.11. The molecule has 3 aromatic rings. The van der Waals surface area contributed by atoms with Gasteiger partial charge < -0.3 is 0 Å². The van der Waals surface area contributed by atoms with Crippen molar-refractivity contribution in [2.75, 3.05) is 4.83 Å². The summed E-state index contributed by atoms with van der Waals surface area (Å²) in [5, 5.41) is 13.1. The number of halogens is 2. The summed E-state index contributed by atoms with van der Waals surface area (Å²) in [5.74, 6) is -0.434. The number of hydrogen-bond acceptors (Lipinski definition) is 4. The summed E-state index contributed by atoms with van der Waals surface area (Å²) < 4.78 is 38.5. The molecule has 0 fully saturated rings. The van der Waals surface area contributed by atoms with Crippen LogP contribution in [0.15, 0.2) is 64.0 Å². The number of sulfonamides is 1. The predicted octanol–water partition coefficient (Wildman–Crippen LogP) is 3.26. The van der Waals surface area contributed by atoms with Crippen molar-refractivity contribution >= 4 is 26.0 Å². The van der Waals surface area contributed by atoms with Crippen LogP contribution in [0, 0.1) is 17.1 Å². The molecule has 1 aromatic heterocycles. The van der Waals surface area contributed by atoms with Gasteiger partial charge in [-0.05, 0) is 52.3 Å². The summed E-state index contributed by atoms with van der Waals surface area (Å²) in [5.41, 5.74) is 0.768. The first-order valence-electron chi connectivity index (χ1n) is 6.95. The SMILES string of the molecule is N#Cc1nn(NS(=O)(=O)c2ccccc2)c(-c2ccc(F)cc2)c1Br. The van der Waals surface area contributed by atoms with Crippen molar-refractivity contribution in [3.05, 3.63) is 70.6 Å². The van der Waals surface area contributed by atoms with Crippen molar-refractivity contribution in [3.63, 3.8) is 0 Å². The summed E-state index contributed by atoms with van der Waals surface area (Å²) in [7, 11) is -3.92. The van der Waals surface area contributed by atoms with Crippen molar-refractivity contribution in [1.82, 2.24) is 9.89 Å². The molecule has 0 radical (unpaired) electrons. The molecule has 6 nitrogen and oxygen atoms in total. The van der Waals surface area contributed by atoms with Crippen LogP contribution >= 0.6 is 15.9 Å². The second kappa shape index (κ2) is 6.66. The van der Waals surface area contributed by atoms with E-state index in [1.807, 2.05) is 6.07 Å². The zero-order valence-corrected chi connectivity index (χ0v) is 14.9. The van der Waals surface area contributed by atoms with Gasteiger partial charge in [0, 0.05) is 5.56 Å². The van der Waals surface area contributed by atoms with Crippen LogP contribution in [0.1, 0.15) is 5.69 Å². The Morgan fingerprint density at radius 2 is 1.76 bits per heavy atom. The molecule has 0 aliphatic rings. The number of aromatic nitrogens is 2. The van der Waals surface area contributed by atoms with E-state index in [-0.39, 0.29) is 16.3 Å². The summed E-state index contributed by atoms with van der Waals surface area (Å²) >= 11 is 3.25. The van der Waals surface area contributed by atoms with Crippen molar-refractivity contribution < 1.29 is 12.8 Å². The maximum atomic E-state index is 13.2. The highest BCUT2D eigenvalue weighted by atomic mass is 79.9. The summed E-state index contributed by atoms with van der Waals surface area (Å²) in [6, 6.07) is 15.0. The summed E-state index contributed by atoms with van der Waals surface area (Å²) in [6.45, 7) is 0. The van der Waals surface area contributed by atoms with Crippen molar-refractivity contribution in [2.24, 2.45) is 0 Å². The fraction of sp³-hybridized carbons (Fsp3) is 0. The van der Waals surface area contributed by atoms with Gasteiger partial charge in [0.15, 0.2) is 5.69 Å². The number of rotatable bonds is 4. The molecule has 0 saturated carbocycles. The zero-order chi connectivity index (χ0) is 18.0. The molecule has 0 spiro atoms. The highest BCUT2D eigenvalue weighted by molar-refractivity contribution is 9.10. The van der Waals surface area contributed by atoms with E-state index in [2.05, 4.69) is 25.9 Å². The molecule has 0 aliphatic heterocycles. The minimum atomic E-state index is -3.92. The molecule has 0 bridgehead atoms. The molecule has 126 valence electrons. The van der Waals surface area contributed by atoms with Crippen LogP contribution in [0.5, 0.6) is 0 Å². The third-order valence-corrected chi connectivity index (χ3v) is 5.37. The highest BCUT2D eigenvalue weighted by Crippen LogP contribution is 2.31. The Labute approximate surface area is 151 Å². The lowest BCUT2D eigenvalue weighted by atomic mass is 10.1. The van der Waals surface area contributed by atoms with Crippen LogP contribution in [0.4, 0.5) is 4.39 Å². The third-order valence-electron chi connectivity index (χ3n) is 3.31. The first-order valence-corrected chi connectivity index (χ1v) is 9.22. The molecule has 0 unspecified atom stereocenters. The topological polar surface area (TPSA) is 87.8 Å². The Hall–Kier alpha value is -2.70. The molecule has 9 heteroatoms. The molecule has 3 rings (SSSR count). The average Bonchev–Trinajstić information content (AvgIpc) is 2.91. The van der Waals surface area contributed by atoms with E-state index < -0.39 is 15.8 Å². The quantitative estimate of drug-likeness (QED) is 0.701. The van der Waals surface area contributed by atoms with Gasteiger partial charge in [0.25, 0.3) is 10.0 Å². The Balaban J connectivity index is 2.11. The standard InChI is InChI=1S/C16H10BrFN4O2S/c17-15-14(10-19)20-22(16(15)11-6-8-12(18)9-7-11)21-25(23,24)13-4-2-1-3-5-13/h1-9,21H. The van der Waals surface area contributed by atoms with Gasteiger partial charge >= 0.3 is 0 Å². The largest absolute Gasteiger partial charge is 0.276 e. The monoisotopic (exact) mass is 420 g/mol. The number of hydrogen-bond donors (Lipinski definition) is 1. The molecule has 2 aromatic carbocycles. The zero-order valence-electron chi connectivity index (χ0n) is 12.5. The van der Waals surface area contributed by atoms with Crippen molar-refractivity contribution in [1.29, 1.82) is 5.26 Å². The van der Waals surface area contributed by atoms with Crippen LogP contribution in [-0.4, -0.2) is 18.3 Å². The summed E-state index contributed by atoms with van der Waals surface area (Å²) in [4.78, 5) is 3.35. The molecule has 1 N–H and O–H groups in total. The Bertz CT molecular complexity index is 1060. The van der Waals surface area contributed by atoms with Gasteiger partial charge in [-0.25, -0.2) is 4.39 Å². The van der Waals surface area contributed by atoms with Crippen molar-refractivity contribution in [3.8, 4) is 17.3 Å². The average molecular weight is 421 g/mol. The van der Waals surface area contributed by atoms with Crippen molar-refractivity contribution in [2.45, 2.75) is 4.90 Å². The first-order chi connectivity index (χ1) is 11.9. The molecular weight excluding hydrogens is 411 g/mol. The molecule has 0 aliphatic carbocycles. The van der Waals surface area contributed by atoms with Gasteiger partial charge in [-0.2, -0.15) is 23.3 Å². The minimum Gasteiger partial charge on any atom is -0.207 e. The fourth-order valence-corrected chi connectivity index (χ4v) is 3.70. The molecular formula is C16H10BrFN4O2S. The lowest BCUT2D eigenvalue weighted by molar-refractivity contribution is 0.592. The van der Waals surface area contributed by atoms with Gasteiger partial charge in [-0.1, -0.05) is 18.2 Å². The molecule has 0 saturated heterocycles. The van der Waals surface area contributed by atoms with E-state index in [0.29, 0.717) is 10.0 Å². The maximum Gasteiger partial charge on any atom is 0.276 e. The Kier molecular flexibility index (Phi) is 4.57. The van der Waals surface area contributed by atoms with Gasteiger partial charge in [0.05, 0.1) is 9.37 Å². The normalized spacial score (nSPS) is 11.1. The van der Waals surface area contributed by atoms with E-state index in [1.54, 1.807) is 18.2 Å². The predicted molar refractivity (Wildman–Crippen MR) is 93.0 cm³/mol. The first kappa shape index (κ1) is 17.1. The van der Waals surface area contributed by atoms with E-state index in [9.17, 15) is 12.8 Å². The van der Waals surface area contributed by atoms with Gasteiger partial charge in [0.1, 0.15) is 17.6 Å². The van der Waals surface area contributed by atoms with Gasteiger partial charge in [-0.3, -0.25) is 0 Å². The van der Waals surface area contributed by atoms with Crippen LogP contribution in [0.2, 0.25) is 0 Å². The Morgan fingerprint density at radius 3 is 2.36 bits per heavy atom. The highest BCUT2D eigenvalue weighted by Gasteiger charge is 2.22. The smallest absolute Gasteiger partial charge is 0.207 e. The number of nitriles is 1. The lowest BCUT2D eigenvalue weighted by Crippen LogP contribution is -2.25. The summed E-state index contributed by atoms with van der Waals surface area (Å²) in [6.07, 6.45) is 0. The fourth-order valence-electron chi connectivity index (χ4n) is 2.16. The number of nitrogens with one attached hydrogen (secondary N) is 1. The Morgan fingerprint density at radius 1 is 1.12 bits per heavy atom. The molecule has 0 atom stereocenters. The number of benzene rings is 2. The third kappa shape index (κ3) is 3.40. The van der Waals surface area contributed by atoms with Crippen LogP contribution < -0.4 is 4.83 Å². The van der Waals surface area contributed by atoms with Gasteiger partial charge in [0.2, 0.25) is 0 Å². The van der Waals surface area contributed by atoms with E-state index in [4.69, 9.17) is 5.26 Å². The molecule has 25 heavy (non-hydrogen) atoms. The number of nitrogens with zero attached hydrogens (tertiary/aromatic N) is 3. The van der Waals surface area contributed by atoms with Crippen LogP contribution in [0.25, 0.3) is 11.3 Å². The minimum absolute atomic E-state index is 0.00455. The van der Waals surface area contributed by atoms with Gasteiger partial charge in [-0.15, -0.1) is 5.10 Å². The maximum absolute atomic E-state index is 13.2. The second-order valence-electron chi connectivity index (χ2n) is 4.95. The van der Waals surface area contributed by atoms with E-state index in [1.165, 1.54) is 36.4 Å². The van der Waals surface area contributed by atoms with Crippen LogP contribution in [0.3, 0.4) is 0 Å². The van der Waals surface area contributed by atoms with E-state index >= 15 is 0 Å². The van der Waals surface area contributed by atoms with E-state index in [0.717, 1.165) is 4.79 Å². The second-order valence-corrected chi connectivity index (χ2v) is 7.40. The molecule has 0 amide bonds. The molecule has 1 heterocycles. The van der Waals surface area contributed by atoms with Crippen LogP contribution in [-0.2, 0) is 10.0 Å².